The van der Waals surface area contributed by atoms with Crippen LogP contribution < -0.4 is 4.90 Å². The monoisotopic (exact) mass is 358 g/mol. The lowest BCUT2D eigenvalue weighted by Crippen LogP contribution is -2.28. The summed E-state index contributed by atoms with van der Waals surface area (Å²) in [6, 6.07) is 15.4. The average molecular weight is 359 g/mol. The summed E-state index contributed by atoms with van der Waals surface area (Å²) in [7, 11) is 1.92. The lowest BCUT2D eigenvalue weighted by molar-refractivity contribution is 0.0791. The molecule has 25 heavy (non-hydrogen) atoms. The van der Waals surface area contributed by atoms with Crippen LogP contribution in [-0.4, -0.2) is 49.2 Å². The molecule has 1 heterocycles. The summed E-state index contributed by atoms with van der Waals surface area (Å²) >= 11 is 6.30. The molecule has 0 spiro atoms. The minimum atomic E-state index is 0.0610. The Hall–Kier alpha value is -2.04. The molecule has 1 N–H and O–H groups in total. The predicted molar refractivity (Wildman–Crippen MR) is 102 cm³/mol. The van der Waals surface area contributed by atoms with Gasteiger partial charge in [0.05, 0.1) is 6.61 Å². The van der Waals surface area contributed by atoms with Crippen molar-refractivity contribution < 1.29 is 9.90 Å². The average Bonchev–Trinajstić information content (AvgIpc) is 3.11. The van der Waals surface area contributed by atoms with Gasteiger partial charge in [0.1, 0.15) is 0 Å². The molecule has 2 aromatic carbocycles. The smallest absolute Gasteiger partial charge is 0.253 e. The topological polar surface area (TPSA) is 43.8 Å². The fourth-order valence-corrected chi connectivity index (χ4v) is 3.61. The molecule has 5 heteroatoms. The minimum absolute atomic E-state index is 0.0610. The van der Waals surface area contributed by atoms with Gasteiger partial charge in [0.15, 0.2) is 0 Å². The lowest BCUT2D eigenvalue weighted by Gasteiger charge is -2.20. The number of hydrogen-bond donors (Lipinski definition) is 1. The minimum Gasteiger partial charge on any atom is -0.395 e. The number of likely N-dealkylation sites (tertiary alicyclic amines) is 1. The first-order valence-electron chi connectivity index (χ1n) is 8.56. The van der Waals surface area contributed by atoms with E-state index in [1.807, 2.05) is 65.4 Å². The Morgan fingerprint density at radius 1 is 1.24 bits per heavy atom. The highest BCUT2D eigenvalue weighted by molar-refractivity contribution is 6.31. The van der Waals surface area contributed by atoms with Crippen LogP contribution in [0, 0.1) is 0 Å². The number of rotatable bonds is 5. The summed E-state index contributed by atoms with van der Waals surface area (Å²) in [5.74, 6) is 0.360. The van der Waals surface area contributed by atoms with Crippen molar-refractivity contribution in [2.45, 2.75) is 12.3 Å². The van der Waals surface area contributed by atoms with E-state index in [0.29, 0.717) is 24.6 Å². The van der Waals surface area contributed by atoms with E-state index in [9.17, 15) is 4.79 Å². The fraction of sp³-hybridized carbons (Fsp3) is 0.350. The molecule has 4 nitrogen and oxygen atoms in total. The van der Waals surface area contributed by atoms with E-state index in [1.54, 1.807) is 0 Å². The number of carbonyl (C=O) groups is 1. The second-order valence-electron chi connectivity index (χ2n) is 6.45. The van der Waals surface area contributed by atoms with Crippen molar-refractivity contribution in [2.75, 3.05) is 38.2 Å². The maximum atomic E-state index is 12.8. The Bertz CT molecular complexity index is 733. The summed E-state index contributed by atoms with van der Waals surface area (Å²) < 4.78 is 0. The number of aliphatic hydroxyl groups is 1. The van der Waals surface area contributed by atoms with Gasteiger partial charge in [0.25, 0.3) is 5.91 Å². The highest BCUT2D eigenvalue weighted by atomic mass is 35.5. The van der Waals surface area contributed by atoms with Gasteiger partial charge in [-0.1, -0.05) is 29.8 Å². The van der Waals surface area contributed by atoms with Crippen molar-refractivity contribution in [2.24, 2.45) is 0 Å². The van der Waals surface area contributed by atoms with E-state index in [1.165, 1.54) is 0 Å². The summed E-state index contributed by atoms with van der Waals surface area (Å²) in [6.07, 6.45) is 0.937. The van der Waals surface area contributed by atoms with Crippen LogP contribution in [0.15, 0.2) is 48.5 Å². The third-order valence-corrected chi connectivity index (χ3v) is 5.16. The molecule has 0 radical (unpaired) electrons. The van der Waals surface area contributed by atoms with Crippen LogP contribution in [0.4, 0.5) is 5.69 Å². The standard InChI is InChI=1S/C20H23ClN2O2/c1-22(12-13-24)17-8-6-15(7-9-17)20(25)23-11-10-16(14-23)18-4-2-3-5-19(18)21/h2-9,16,24H,10-14H2,1H3. The fourth-order valence-electron chi connectivity index (χ4n) is 3.32. The number of benzene rings is 2. The van der Waals surface area contributed by atoms with Crippen LogP contribution in [0.3, 0.4) is 0 Å². The van der Waals surface area contributed by atoms with Crippen LogP contribution in [-0.2, 0) is 0 Å². The molecule has 1 atom stereocenters. The Morgan fingerprint density at radius 2 is 1.96 bits per heavy atom. The van der Waals surface area contributed by atoms with Gasteiger partial charge in [0.2, 0.25) is 0 Å². The number of halogens is 1. The molecule has 0 bridgehead atoms. The van der Waals surface area contributed by atoms with E-state index < -0.39 is 0 Å². The molecule has 0 saturated carbocycles. The maximum absolute atomic E-state index is 12.8. The van der Waals surface area contributed by atoms with Gasteiger partial charge in [0, 0.05) is 48.9 Å². The third kappa shape index (κ3) is 3.97. The molecule has 1 aliphatic rings. The second-order valence-corrected chi connectivity index (χ2v) is 6.86. The number of nitrogens with zero attached hydrogens (tertiary/aromatic N) is 2. The highest BCUT2D eigenvalue weighted by Gasteiger charge is 2.28. The Labute approximate surface area is 153 Å². The van der Waals surface area contributed by atoms with E-state index in [4.69, 9.17) is 16.7 Å². The van der Waals surface area contributed by atoms with Gasteiger partial charge < -0.3 is 14.9 Å². The molecule has 2 aromatic rings. The largest absolute Gasteiger partial charge is 0.395 e. The van der Waals surface area contributed by atoms with Crippen molar-refractivity contribution in [1.29, 1.82) is 0 Å². The van der Waals surface area contributed by atoms with Crippen LogP contribution in [0.5, 0.6) is 0 Å². The van der Waals surface area contributed by atoms with Gasteiger partial charge in [-0.3, -0.25) is 4.79 Å². The zero-order valence-electron chi connectivity index (χ0n) is 14.4. The van der Waals surface area contributed by atoms with Gasteiger partial charge in [-0.2, -0.15) is 0 Å². The zero-order valence-corrected chi connectivity index (χ0v) is 15.1. The number of carbonyl (C=O) groups excluding carboxylic acids is 1. The SMILES string of the molecule is CN(CCO)c1ccc(C(=O)N2CCC(c3ccccc3Cl)C2)cc1. The number of likely N-dealkylation sites (N-methyl/N-ethyl adjacent to an activating group) is 1. The molecular weight excluding hydrogens is 336 g/mol. The molecule has 1 amide bonds. The summed E-state index contributed by atoms with van der Waals surface area (Å²) in [4.78, 5) is 16.6. The molecular formula is C20H23ClN2O2. The van der Waals surface area contributed by atoms with E-state index in [-0.39, 0.29) is 12.5 Å². The van der Waals surface area contributed by atoms with Gasteiger partial charge in [-0.05, 0) is 42.3 Å². The summed E-state index contributed by atoms with van der Waals surface area (Å²) in [5.41, 5.74) is 2.81. The van der Waals surface area contributed by atoms with Crippen LogP contribution >= 0.6 is 11.6 Å². The Morgan fingerprint density at radius 3 is 2.64 bits per heavy atom. The first kappa shape index (κ1) is 17.8. The van der Waals surface area contributed by atoms with Crippen LogP contribution in [0.25, 0.3) is 0 Å². The molecule has 3 rings (SSSR count). The lowest BCUT2D eigenvalue weighted by atomic mass is 9.98. The van der Waals surface area contributed by atoms with Gasteiger partial charge in [-0.15, -0.1) is 0 Å². The van der Waals surface area contributed by atoms with Gasteiger partial charge in [-0.25, -0.2) is 0 Å². The zero-order chi connectivity index (χ0) is 17.8. The first-order chi connectivity index (χ1) is 12.1. The number of amides is 1. The highest BCUT2D eigenvalue weighted by Crippen LogP contribution is 2.32. The number of anilines is 1. The molecule has 1 unspecified atom stereocenters. The third-order valence-electron chi connectivity index (χ3n) is 4.81. The Kier molecular flexibility index (Phi) is 5.61. The molecule has 1 fully saturated rings. The Balaban J connectivity index is 1.67. The van der Waals surface area contributed by atoms with E-state index in [2.05, 4.69) is 0 Å². The summed E-state index contributed by atoms with van der Waals surface area (Å²) in [5, 5.41) is 9.79. The number of hydrogen-bond acceptors (Lipinski definition) is 3. The van der Waals surface area contributed by atoms with E-state index in [0.717, 1.165) is 29.2 Å². The summed E-state index contributed by atoms with van der Waals surface area (Å²) in [6.45, 7) is 2.13. The first-order valence-corrected chi connectivity index (χ1v) is 8.93. The van der Waals surface area contributed by atoms with Crippen molar-refractivity contribution in [3.05, 3.63) is 64.7 Å². The number of aliphatic hydroxyl groups excluding tert-OH is 1. The molecule has 1 saturated heterocycles. The van der Waals surface area contributed by atoms with Crippen LogP contribution in [0.2, 0.25) is 5.02 Å². The van der Waals surface area contributed by atoms with Crippen LogP contribution in [0.1, 0.15) is 28.3 Å². The molecule has 0 aromatic heterocycles. The molecule has 1 aliphatic heterocycles. The second kappa shape index (κ2) is 7.89. The molecule has 0 aliphatic carbocycles. The maximum Gasteiger partial charge on any atom is 0.253 e. The quantitative estimate of drug-likeness (QED) is 0.890. The predicted octanol–water partition coefficient (Wildman–Crippen LogP) is 3.40. The van der Waals surface area contributed by atoms with Crippen molar-refractivity contribution in [3.8, 4) is 0 Å². The van der Waals surface area contributed by atoms with Crippen molar-refractivity contribution in [3.63, 3.8) is 0 Å². The molecule has 132 valence electrons. The van der Waals surface area contributed by atoms with Crippen molar-refractivity contribution >= 4 is 23.2 Å². The van der Waals surface area contributed by atoms with E-state index >= 15 is 0 Å². The van der Waals surface area contributed by atoms with Crippen molar-refractivity contribution in [1.82, 2.24) is 4.90 Å². The normalized spacial score (nSPS) is 16.9. The van der Waals surface area contributed by atoms with Gasteiger partial charge >= 0.3 is 0 Å².